The van der Waals surface area contributed by atoms with Gasteiger partial charge in [-0.1, -0.05) is 12.1 Å². The van der Waals surface area contributed by atoms with Crippen molar-refractivity contribution in [2.24, 2.45) is 11.7 Å². The summed E-state index contributed by atoms with van der Waals surface area (Å²) in [6.07, 6.45) is 2.26. The minimum Gasteiger partial charge on any atom is -0.349 e. The molecule has 1 aromatic carbocycles. The van der Waals surface area contributed by atoms with Gasteiger partial charge in [0.1, 0.15) is 10.7 Å². The lowest BCUT2D eigenvalue weighted by Crippen LogP contribution is -2.38. The molecule has 1 fully saturated rings. The van der Waals surface area contributed by atoms with E-state index in [1.807, 2.05) is 0 Å². The molecule has 0 radical (unpaired) electrons. The van der Waals surface area contributed by atoms with Crippen LogP contribution in [-0.4, -0.2) is 28.4 Å². The number of nitro groups is 1. The van der Waals surface area contributed by atoms with Gasteiger partial charge < -0.3 is 11.1 Å². The number of thiazole rings is 1. The fourth-order valence-corrected chi connectivity index (χ4v) is 3.05. The van der Waals surface area contributed by atoms with Crippen LogP contribution >= 0.6 is 11.3 Å². The van der Waals surface area contributed by atoms with Crippen LogP contribution in [-0.2, 0) is 0 Å². The van der Waals surface area contributed by atoms with Gasteiger partial charge in [0.2, 0.25) is 0 Å². The van der Waals surface area contributed by atoms with Gasteiger partial charge in [-0.25, -0.2) is 4.98 Å². The zero-order valence-electron chi connectivity index (χ0n) is 12.3. The van der Waals surface area contributed by atoms with Crippen LogP contribution in [0.25, 0.3) is 10.6 Å². The zero-order chi connectivity index (χ0) is 16.4. The third-order valence-electron chi connectivity index (χ3n) is 3.77. The second-order valence-corrected chi connectivity index (χ2v) is 6.41. The number of rotatable bonds is 6. The van der Waals surface area contributed by atoms with Crippen LogP contribution in [0.1, 0.15) is 23.3 Å². The Kier molecular flexibility index (Phi) is 4.35. The summed E-state index contributed by atoms with van der Waals surface area (Å²) in [5, 5.41) is 15.8. The van der Waals surface area contributed by atoms with Crippen molar-refractivity contribution in [3.8, 4) is 10.6 Å². The fourth-order valence-electron chi connectivity index (χ4n) is 2.26. The minimum atomic E-state index is -0.454. The maximum Gasteiger partial charge on any atom is 0.270 e. The number of hydrogen-bond acceptors (Lipinski definition) is 6. The highest BCUT2D eigenvalue weighted by Crippen LogP contribution is 2.31. The largest absolute Gasteiger partial charge is 0.349 e. The van der Waals surface area contributed by atoms with Gasteiger partial charge in [0, 0.05) is 35.7 Å². The number of amides is 1. The first-order valence-electron chi connectivity index (χ1n) is 7.28. The normalized spacial score (nSPS) is 15.2. The van der Waals surface area contributed by atoms with Gasteiger partial charge in [0.25, 0.3) is 11.6 Å². The van der Waals surface area contributed by atoms with Crippen molar-refractivity contribution in [1.29, 1.82) is 0 Å². The Labute approximate surface area is 136 Å². The maximum absolute atomic E-state index is 12.1. The fraction of sp³-hybridized carbons (Fsp3) is 0.333. The van der Waals surface area contributed by atoms with Gasteiger partial charge in [-0.3, -0.25) is 14.9 Å². The van der Waals surface area contributed by atoms with E-state index < -0.39 is 4.92 Å². The summed E-state index contributed by atoms with van der Waals surface area (Å²) in [5.41, 5.74) is 6.88. The highest BCUT2D eigenvalue weighted by atomic mass is 32.1. The van der Waals surface area contributed by atoms with Crippen molar-refractivity contribution >= 4 is 22.9 Å². The molecule has 2 aromatic rings. The summed E-state index contributed by atoms with van der Waals surface area (Å²) in [5.74, 6) is 0.250. The van der Waals surface area contributed by atoms with Gasteiger partial charge >= 0.3 is 0 Å². The van der Waals surface area contributed by atoms with Gasteiger partial charge in [0.05, 0.1) is 4.92 Å². The number of carbonyl (C=O) groups excluding carboxylic acids is 1. The van der Waals surface area contributed by atoms with E-state index in [1.165, 1.54) is 23.5 Å². The Morgan fingerprint density at radius 3 is 3.00 bits per heavy atom. The average molecular weight is 332 g/mol. The quantitative estimate of drug-likeness (QED) is 0.622. The Hall–Kier alpha value is -2.32. The second kappa shape index (κ2) is 6.43. The van der Waals surface area contributed by atoms with E-state index in [-0.39, 0.29) is 17.6 Å². The molecule has 1 saturated carbocycles. The number of hydrogen-bond donors (Lipinski definition) is 2. The molecule has 1 aromatic heterocycles. The van der Waals surface area contributed by atoms with Gasteiger partial charge in [-0.05, 0) is 18.8 Å². The third kappa shape index (κ3) is 3.72. The van der Waals surface area contributed by atoms with Crippen LogP contribution in [0.4, 0.5) is 5.69 Å². The summed E-state index contributed by atoms with van der Waals surface area (Å²) >= 11 is 1.28. The van der Waals surface area contributed by atoms with Crippen molar-refractivity contribution in [3.05, 3.63) is 45.5 Å². The number of nitro benzene ring substituents is 1. The summed E-state index contributed by atoms with van der Waals surface area (Å²) in [4.78, 5) is 26.7. The molecule has 1 aliphatic rings. The average Bonchev–Trinajstić information content (AvgIpc) is 3.29. The van der Waals surface area contributed by atoms with Crippen LogP contribution in [0, 0.1) is 16.0 Å². The molecule has 8 heteroatoms. The molecule has 3 N–H and O–H groups in total. The number of carbonyl (C=O) groups is 1. The standard InChI is InChI=1S/C15H16N4O3S/c16-12(9-4-5-9)7-17-14(20)13-8-23-15(18-13)10-2-1-3-11(6-10)19(21)22/h1-3,6,8-9,12H,4-5,7,16H2,(H,17,20). The van der Waals surface area contributed by atoms with Gasteiger partial charge in [-0.2, -0.15) is 0 Å². The lowest BCUT2D eigenvalue weighted by molar-refractivity contribution is -0.384. The van der Waals surface area contributed by atoms with E-state index in [1.54, 1.807) is 17.5 Å². The Bertz CT molecular complexity index is 742. The highest BCUT2D eigenvalue weighted by Gasteiger charge is 2.28. The molecule has 0 saturated heterocycles. The molecule has 1 heterocycles. The van der Waals surface area contributed by atoms with Gasteiger partial charge in [-0.15, -0.1) is 11.3 Å². The SMILES string of the molecule is NC(CNC(=O)c1csc(-c2cccc([N+](=O)[O-])c2)n1)C1CC1. The van der Waals surface area contributed by atoms with E-state index in [4.69, 9.17) is 5.73 Å². The summed E-state index contributed by atoms with van der Waals surface area (Å²) < 4.78 is 0. The first kappa shape index (κ1) is 15.6. The molecule has 3 rings (SSSR count). The number of aromatic nitrogens is 1. The first-order chi connectivity index (χ1) is 11.0. The third-order valence-corrected chi connectivity index (χ3v) is 4.66. The Morgan fingerprint density at radius 2 is 2.30 bits per heavy atom. The van der Waals surface area contributed by atoms with E-state index in [0.29, 0.717) is 28.7 Å². The van der Waals surface area contributed by atoms with Crippen LogP contribution in [0.3, 0.4) is 0 Å². The van der Waals surface area contributed by atoms with Crippen molar-refractivity contribution in [2.75, 3.05) is 6.54 Å². The van der Waals surface area contributed by atoms with E-state index >= 15 is 0 Å². The van der Waals surface area contributed by atoms with Crippen molar-refractivity contribution < 1.29 is 9.72 Å². The summed E-state index contributed by atoms with van der Waals surface area (Å²) in [7, 11) is 0. The second-order valence-electron chi connectivity index (χ2n) is 5.56. The maximum atomic E-state index is 12.1. The Balaban J connectivity index is 1.68. The Morgan fingerprint density at radius 1 is 1.52 bits per heavy atom. The van der Waals surface area contributed by atoms with Crippen molar-refractivity contribution in [3.63, 3.8) is 0 Å². The predicted octanol–water partition coefficient (Wildman–Crippen LogP) is 2.19. The molecule has 1 atom stereocenters. The molecule has 1 aliphatic carbocycles. The number of benzene rings is 1. The molecule has 0 aliphatic heterocycles. The molecule has 1 amide bonds. The summed E-state index contributed by atoms with van der Waals surface area (Å²) in [6, 6.07) is 6.20. The molecule has 0 bridgehead atoms. The molecule has 120 valence electrons. The number of nitrogens with one attached hydrogen (secondary N) is 1. The van der Waals surface area contributed by atoms with Crippen LogP contribution < -0.4 is 11.1 Å². The predicted molar refractivity (Wildman–Crippen MR) is 87.2 cm³/mol. The first-order valence-corrected chi connectivity index (χ1v) is 8.16. The summed E-state index contributed by atoms with van der Waals surface area (Å²) in [6.45, 7) is 0.438. The minimum absolute atomic E-state index is 0.000825. The number of nitrogens with zero attached hydrogens (tertiary/aromatic N) is 2. The van der Waals surface area contributed by atoms with Crippen molar-refractivity contribution in [2.45, 2.75) is 18.9 Å². The van der Waals surface area contributed by atoms with Crippen LogP contribution in [0.15, 0.2) is 29.6 Å². The zero-order valence-corrected chi connectivity index (χ0v) is 13.1. The van der Waals surface area contributed by atoms with Crippen molar-refractivity contribution in [1.82, 2.24) is 10.3 Å². The van der Waals surface area contributed by atoms with Crippen LogP contribution in [0.2, 0.25) is 0 Å². The number of non-ortho nitro benzene ring substituents is 1. The molecular formula is C15H16N4O3S. The highest BCUT2D eigenvalue weighted by molar-refractivity contribution is 7.13. The molecule has 1 unspecified atom stereocenters. The lowest BCUT2D eigenvalue weighted by Gasteiger charge is -2.10. The monoisotopic (exact) mass is 332 g/mol. The van der Waals surface area contributed by atoms with Crippen LogP contribution in [0.5, 0.6) is 0 Å². The van der Waals surface area contributed by atoms with E-state index in [0.717, 1.165) is 12.8 Å². The van der Waals surface area contributed by atoms with E-state index in [2.05, 4.69) is 10.3 Å². The molecule has 0 spiro atoms. The molecule has 23 heavy (non-hydrogen) atoms. The van der Waals surface area contributed by atoms with E-state index in [9.17, 15) is 14.9 Å². The van der Waals surface area contributed by atoms with Gasteiger partial charge in [0.15, 0.2) is 0 Å². The number of nitrogens with two attached hydrogens (primary N) is 1. The molecular weight excluding hydrogens is 316 g/mol. The topological polar surface area (TPSA) is 111 Å². The molecule has 7 nitrogen and oxygen atoms in total. The lowest BCUT2D eigenvalue weighted by atomic mass is 10.2. The smallest absolute Gasteiger partial charge is 0.270 e.